The third kappa shape index (κ3) is 1.96. The summed E-state index contributed by atoms with van der Waals surface area (Å²) in [5.41, 5.74) is 8.06. The first-order valence-electron chi connectivity index (χ1n) is 3.51. The van der Waals surface area contributed by atoms with Crippen LogP contribution in [0.2, 0.25) is 0 Å². The molecule has 2 heterocycles. The molecule has 0 aliphatic heterocycles. The fourth-order valence-corrected chi connectivity index (χ4v) is 2.17. The third-order valence-corrected chi connectivity index (χ3v) is 3.14. The van der Waals surface area contributed by atoms with Gasteiger partial charge in [-0.1, -0.05) is 11.3 Å². The van der Waals surface area contributed by atoms with Gasteiger partial charge >= 0.3 is 0 Å². The highest BCUT2D eigenvalue weighted by atomic mass is 32.2. The minimum absolute atomic E-state index is 0.669. The maximum absolute atomic E-state index is 5.71. The zero-order valence-corrected chi connectivity index (χ0v) is 8.18. The molecule has 2 rings (SSSR count). The second-order valence-electron chi connectivity index (χ2n) is 2.20. The number of pyridine rings is 1. The van der Waals surface area contributed by atoms with Crippen molar-refractivity contribution in [2.45, 2.75) is 9.37 Å². The molecule has 0 unspecified atom stereocenters. The van der Waals surface area contributed by atoms with Crippen molar-refractivity contribution in [3.63, 3.8) is 0 Å². The van der Waals surface area contributed by atoms with Crippen LogP contribution in [0.1, 0.15) is 0 Å². The molecule has 4 nitrogen and oxygen atoms in total. The highest BCUT2D eigenvalue weighted by Gasteiger charge is 2.04. The number of hydrogen-bond donors (Lipinski definition) is 1. The highest BCUT2D eigenvalue weighted by Crippen LogP contribution is 2.30. The Bertz CT molecular complexity index is 387. The van der Waals surface area contributed by atoms with E-state index in [2.05, 4.69) is 15.2 Å². The van der Waals surface area contributed by atoms with E-state index in [0.717, 1.165) is 9.37 Å². The Balaban J connectivity index is 2.24. The molecule has 0 aromatic carbocycles. The molecular formula is C7H6N4S2. The second kappa shape index (κ2) is 3.71. The summed E-state index contributed by atoms with van der Waals surface area (Å²) < 4.78 is 0.852. The molecule has 0 radical (unpaired) electrons. The summed E-state index contributed by atoms with van der Waals surface area (Å²) in [6, 6.07) is 3.62. The van der Waals surface area contributed by atoms with Gasteiger partial charge < -0.3 is 5.73 Å². The van der Waals surface area contributed by atoms with Crippen LogP contribution in [0.25, 0.3) is 0 Å². The molecule has 0 amide bonds. The summed E-state index contributed by atoms with van der Waals surface area (Å²) in [7, 11) is 0. The summed E-state index contributed by atoms with van der Waals surface area (Å²) in [4.78, 5) is 4.13. The fraction of sp³-hybridized carbons (Fsp3) is 0. The SMILES string of the molecule is Nc1cccnc1Sc1nncs1. The highest BCUT2D eigenvalue weighted by molar-refractivity contribution is 8.01. The Labute approximate surface area is 83.2 Å². The van der Waals surface area contributed by atoms with Crippen molar-refractivity contribution >= 4 is 28.8 Å². The summed E-state index contributed by atoms with van der Waals surface area (Å²) in [5, 5.41) is 8.39. The number of anilines is 1. The Morgan fingerprint density at radius 1 is 1.46 bits per heavy atom. The van der Waals surface area contributed by atoms with Gasteiger partial charge in [-0.15, -0.1) is 10.2 Å². The van der Waals surface area contributed by atoms with Crippen LogP contribution < -0.4 is 5.73 Å². The van der Waals surface area contributed by atoms with Gasteiger partial charge in [0.2, 0.25) is 0 Å². The topological polar surface area (TPSA) is 64.7 Å². The Kier molecular flexibility index (Phi) is 2.42. The number of nitrogens with two attached hydrogens (primary N) is 1. The quantitative estimate of drug-likeness (QED) is 0.816. The lowest BCUT2D eigenvalue weighted by atomic mass is 10.4. The van der Waals surface area contributed by atoms with Gasteiger partial charge in [-0.25, -0.2) is 4.98 Å². The molecule has 0 spiro atoms. The lowest BCUT2D eigenvalue weighted by Crippen LogP contribution is -1.89. The molecule has 13 heavy (non-hydrogen) atoms. The van der Waals surface area contributed by atoms with Gasteiger partial charge in [0.05, 0.1) is 5.69 Å². The zero-order chi connectivity index (χ0) is 9.10. The van der Waals surface area contributed by atoms with Crippen molar-refractivity contribution in [2.75, 3.05) is 5.73 Å². The molecule has 0 aliphatic carbocycles. The number of nitrogen functional groups attached to an aromatic ring is 1. The molecular weight excluding hydrogens is 204 g/mol. The van der Waals surface area contributed by atoms with E-state index in [0.29, 0.717) is 5.69 Å². The van der Waals surface area contributed by atoms with Crippen LogP contribution in [-0.2, 0) is 0 Å². The number of aromatic nitrogens is 3. The van der Waals surface area contributed by atoms with E-state index in [9.17, 15) is 0 Å². The molecule has 0 atom stereocenters. The van der Waals surface area contributed by atoms with Crippen LogP contribution >= 0.6 is 23.1 Å². The van der Waals surface area contributed by atoms with Gasteiger partial charge in [-0.3, -0.25) is 0 Å². The summed E-state index contributed by atoms with van der Waals surface area (Å²) >= 11 is 2.90. The van der Waals surface area contributed by atoms with Gasteiger partial charge in [-0.2, -0.15) is 0 Å². The van der Waals surface area contributed by atoms with Crippen molar-refractivity contribution < 1.29 is 0 Å². The maximum Gasteiger partial charge on any atom is 0.180 e. The molecule has 66 valence electrons. The van der Waals surface area contributed by atoms with Gasteiger partial charge in [0, 0.05) is 6.20 Å². The minimum atomic E-state index is 0.669. The molecule has 2 aromatic heterocycles. The van der Waals surface area contributed by atoms with E-state index < -0.39 is 0 Å². The van der Waals surface area contributed by atoms with Crippen molar-refractivity contribution in [1.82, 2.24) is 15.2 Å². The zero-order valence-electron chi connectivity index (χ0n) is 6.54. The Morgan fingerprint density at radius 2 is 2.38 bits per heavy atom. The minimum Gasteiger partial charge on any atom is -0.397 e. The number of nitrogens with zero attached hydrogens (tertiary/aromatic N) is 3. The lowest BCUT2D eigenvalue weighted by Gasteiger charge is -1.98. The van der Waals surface area contributed by atoms with Crippen LogP contribution in [0.5, 0.6) is 0 Å². The smallest absolute Gasteiger partial charge is 0.180 e. The van der Waals surface area contributed by atoms with Crippen molar-refractivity contribution in [2.24, 2.45) is 0 Å². The van der Waals surface area contributed by atoms with Crippen LogP contribution in [0.15, 0.2) is 33.2 Å². The van der Waals surface area contributed by atoms with Gasteiger partial charge in [0.15, 0.2) is 4.34 Å². The predicted molar refractivity (Wildman–Crippen MR) is 52.7 cm³/mol. The van der Waals surface area contributed by atoms with E-state index in [-0.39, 0.29) is 0 Å². The van der Waals surface area contributed by atoms with Gasteiger partial charge in [0.1, 0.15) is 10.5 Å². The van der Waals surface area contributed by atoms with Crippen molar-refractivity contribution in [3.8, 4) is 0 Å². The van der Waals surface area contributed by atoms with E-state index >= 15 is 0 Å². The summed E-state index contributed by atoms with van der Waals surface area (Å²) in [6.07, 6.45) is 1.71. The monoisotopic (exact) mass is 210 g/mol. The van der Waals surface area contributed by atoms with E-state index in [1.165, 1.54) is 23.1 Å². The summed E-state index contributed by atoms with van der Waals surface area (Å²) in [6.45, 7) is 0. The number of rotatable bonds is 2. The van der Waals surface area contributed by atoms with Crippen LogP contribution in [0.4, 0.5) is 5.69 Å². The summed E-state index contributed by atoms with van der Waals surface area (Å²) in [5.74, 6) is 0. The fourth-order valence-electron chi connectivity index (χ4n) is 0.779. The molecule has 0 fully saturated rings. The average Bonchev–Trinajstić information content (AvgIpc) is 2.61. The number of hydrogen-bond acceptors (Lipinski definition) is 6. The van der Waals surface area contributed by atoms with Crippen molar-refractivity contribution in [1.29, 1.82) is 0 Å². The molecule has 0 bridgehead atoms. The largest absolute Gasteiger partial charge is 0.397 e. The third-order valence-electron chi connectivity index (χ3n) is 1.32. The van der Waals surface area contributed by atoms with E-state index in [4.69, 9.17) is 5.73 Å². The molecule has 0 saturated carbocycles. The maximum atomic E-state index is 5.71. The predicted octanol–water partition coefficient (Wildman–Crippen LogP) is 1.67. The van der Waals surface area contributed by atoms with E-state index in [1.54, 1.807) is 17.8 Å². The van der Waals surface area contributed by atoms with Gasteiger partial charge in [0.25, 0.3) is 0 Å². The van der Waals surface area contributed by atoms with Crippen LogP contribution in [0, 0.1) is 0 Å². The molecule has 6 heteroatoms. The molecule has 2 N–H and O–H groups in total. The first-order chi connectivity index (χ1) is 6.36. The van der Waals surface area contributed by atoms with Crippen LogP contribution in [0.3, 0.4) is 0 Å². The molecule has 2 aromatic rings. The molecule has 0 aliphatic rings. The first-order valence-corrected chi connectivity index (χ1v) is 5.20. The van der Waals surface area contributed by atoms with Crippen molar-refractivity contribution in [3.05, 3.63) is 23.8 Å². The molecule has 0 saturated heterocycles. The van der Waals surface area contributed by atoms with E-state index in [1.807, 2.05) is 6.07 Å². The Hall–Kier alpha value is -1.14. The average molecular weight is 210 g/mol. The van der Waals surface area contributed by atoms with Gasteiger partial charge in [-0.05, 0) is 23.9 Å². The van der Waals surface area contributed by atoms with Crippen LogP contribution in [-0.4, -0.2) is 15.2 Å². The standard InChI is InChI=1S/C7H6N4S2/c8-5-2-1-3-9-6(5)13-7-11-10-4-12-7/h1-4H,8H2. The Morgan fingerprint density at radius 3 is 3.08 bits per heavy atom. The normalized spacial score (nSPS) is 10.2. The first kappa shape index (κ1) is 8.46. The second-order valence-corrected chi connectivity index (χ2v) is 4.27. The lowest BCUT2D eigenvalue weighted by molar-refractivity contribution is 1.01.